The van der Waals surface area contributed by atoms with Gasteiger partial charge in [0.15, 0.2) is 0 Å². The van der Waals surface area contributed by atoms with Gasteiger partial charge in [-0.3, -0.25) is 0 Å². The van der Waals surface area contributed by atoms with Crippen LogP contribution in [0.3, 0.4) is 0 Å². The molecule has 0 radical (unpaired) electrons. The summed E-state index contributed by atoms with van der Waals surface area (Å²) in [5, 5.41) is 3.64. The highest BCUT2D eigenvalue weighted by molar-refractivity contribution is 6.30. The van der Waals surface area contributed by atoms with Crippen LogP contribution in [0.25, 0.3) is 0 Å². The van der Waals surface area contributed by atoms with Gasteiger partial charge in [-0.05, 0) is 26.0 Å². The zero-order valence-electron chi connectivity index (χ0n) is 9.07. The Balaban J connectivity index is 2.07. The van der Waals surface area contributed by atoms with Gasteiger partial charge >= 0.3 is 0 Å². The van der Waals surface area contributed by atoms with Crippen molar-refractivity contribution in [1.29, 1.82) is 0 Å². The van der Waals surface area contributed by atoms with Gasteiger partial charge in [-0.1, -0.05) is 11.6 Å². The minimum absolute atomic E-state index is 0.0230. The van der Waals surface area contributed by atoms with E-state index in [1.165, 1.54) is 0 Å². The van der Waals surface area contributed by atoms with E-state index in [0.717, 1.165) is 11.5 Å². The van der Waals surface area contributed by atoms with E-state index in [4.69, 9.17) is 16.0 Å². The van der Waals surface area contributed by atoms with Gasteiger partial charge in [0, 0.05) is 0 Å². The van der Waals surface area contributed by atoms with Crippen molar-refractivity contribution in [1.82, 2.24) is 9.97 Å². The topological polar surface area (TPSA) is 51.0 Å². The maximum atomic E-state index is 5.70. The molecule has 2 heterocycles. The SMILES string of the molecule is Cc1ccc(C(C)Nc2ncc(Cl)cn2)o1. The summed E-state index contributed by atoms with van der Waals surface area (Å²) in [6, 6.07) is 3.88. The lowest BCUT2D eigenvalue weighted by atomic mass is 10.2. The second-order valence-electron chi connectivity index (χ2n) is 3.54. The largest absolute Gasteiger partial charge is 0.464 e. The van der Waals surface area contributed by atoms with Crippen LogP contribution in [-0.2, 0) is 0 Å². The molecule has 84 valence electrons. The lowest BCUT2D eigenvalue weighted by Crippen LogP contribution is -2.08. The third-order valence-corrected chi connectivity index (χ3v) is 2.35. The van der Waals surface area contributed by atoms with Crippen molar-refractivity contribution in [2.24, 2.45) is 0 Å². The number of rotatable bonds is 3. The smallest absolute Gasteiger partial charge is 0.223 e. The van der Waals surface area contributed by atoms with Gasteiger partial charge in [0.1, 0.15) is 11.5 Å². The van der Waals surface area contributed by atoms with Crippen molar-refractivity contribution < 1.29 is 4.42 Å². The van der Waals surface area contributed by atoms with E-state index < -0.39 is 0 Å². The minimum atomic E-state index is 0.0230. The number of nitrogens with zero attached hydrogens (tertiary/aromatic N) is 2. The quantitative estimate of drug-likeness (QED) is 0.891. The van der Waals surface area contributed by atoms with Gasteiger partial charge in [-0.15, -0.1) is 0 Å². The molecule has 0 aliphatic rings. The number of aryl methyl sites for hydroxylation is 1. The molecule has 0 saturated heterocycles. The Labute approximate surface area is 98.7 Å². The summed E-state index contributed by atoms with van der Waals surface area (Å²) in [4.78, 5) is 8.11. The zero-order chi connectivity index (χ0) is 11.5. The van der Waals surface area contributed by atoms with Gasteiger partial charge in [-0.2, -0.15) is 0 Å². The molecule has 2 aromatic heterocycles. The molecule has 2 aromatic rings. The van der Waals surface area contributed by atoms with E-state index in [-0.39, 0.29) is 6.04 Å². The van der Waals surface area contributed by atoms with Crippen LogP contribution >= 0.6 is 11.6 Å². The molecule has 0 bridgehead atoms. The number of anilines is 1. The highest BCUT2D eigenvalue weighted by Crippen LogP contribution is 2.19. The summed E-state index contributed by atoms with van der Waals surface area (Å²) in [6.45, 7) is 3.89. The maximum absolute atomic E-state index is 5.70. The van der Waals surface area contributed by atoms with Crippen molar-refractivity contribution in [3.63, 3.8) is 0 Å². The fourth-order valence-electron chi connectivity index (χ4n) is 1.34. The molecule has 0 aliphatic carbocycles. The van der Waals surface area contributed by atoms with E-state index in [9.17, 15) is 0 Å². The molecule has 4 nitrogen and oxygen atoms in total. The van der Waals surface area contributed by atoms with Crippen LogP contribution in [-0.4, -0.2) is 9.97 Å². The van der Waals surface area contributed by atoms with Crippen LogP contribution in [0.15, 0.2) is 28.9 Å². The number of hydrogen-bond donors (Lipinski definition) is 1. The molecule has 5 heteroatoms. The molecule has 16 heavy (non-hydrogen) atoms. The molecule has 2 rings (SSSR count). The second kappa shape index (κ2) is 4.53. The first-order valence-corrected chi connectivity index (χ1v) is 5.33. The van der Waals surface area contributed by atoms with Gasteiger partial charge < -0.3 is 9.73 Å². The first-order chi connectivity index (χ1) is 7.65. The molecule has 1 atom stereocenters. The third-order valence-electron chi connectivity index (χ3n) is 2.15. The Morgan fingerprint density at radius 1 is 1.31 bits per heavy atom. The third kappa shape index (κ3) is 2.52. The number of hydrogen-bond acceptors (Lipinski definition) is 4. The van der Waals surface area contributed by atoms with Crippen molar-refractivity contribution in [2.75, 3.05) is 5.32 Å². The highest BCUT2D eigenvalue weighted by Gasteiger charge is 2.10. The fraction of sp³-hybridized carbons (Fsp3) is 0.273. The van der Waals surface area contributed by atoms with E-state index in [1.807, 2.05) is 26.0 Å². The summed E-state index contributed by atoms with van der Waals surface area (Å²) < 4.78 is 5.50. The molecule has 0 spiro atoms. The Hall–Kier alpha value is -1.55. The molecule has 1 N–H and O–H groups in total. The van der Waals surface area contributed by atoms with Crippen molar-refractivity contribution in [3.8, 4) is 0 Å². The van der Waals surface area contributed by atoms with Gasteiger partial charge in [0.2, 0.25) is 5.95 Å². The molecular weight excluding hydrogens is 226 g/mol. The summed E-state index contributed by atoms with van der Waals surface area (Å²) in [6.07, 6.45) is 3.11. The summed E-state index contributed by atoms with van der Waals surface area (Å²) in [5.74, 6) is 2.28. The highest BCUT2D eigenvalue weighted by atomic mass is 35.5. The monoisotopic (exact) mass is 237 g/mol. The number of furan rings is 1. The van der Waals surface area contributed by atoms with Gasteiger partial charge in [0.25, 0.3) is 0 Å². The molecule has 0 aromatic carbocycles. The van der Waals surface area contributed by atoms with Gasteiger partial charge in [-0.25, -0.2) is 9.97 Å². The average Bonchev–Trinajstić information content (AvgIpc) is 2.68. The molecular formula is C11H12ClN3O. The number of aromatic nitrogens is 2. The van der Waals surface area contributed by atoms with Crippen molar-refractivity contribution in [3.05, 3.63) is 41.1 Å². The van der Waals surface area contributed by atoms with Crippen LogP contribution in [0, 0.1) is 6.92 Å². The Morgan fingerprint density at radius 3 is 2.56 bits per heavy atom. The summed E-state index contributed by atoms with van der Waals surface area (Å²) in [5.41, 5.74) is 0. The predicted octanol–water partition coefficient (Wildman–Crippen LogP) is 3.20. The normalized spacial score (nSPS) is 12.4. The first kappa shape index (κ1) is 11.0. The van der Waals surface area contributed by atoms with E-state index in [2.05, 4.69) is 15.3 Å². The lowest BCUT2D eigenvalue weighted by Gasteiger charge is -2.10. The number of nitrogens with one attached hydrogen (secondary N) is 1. The van der Waals surface area contributed by atoms with Crippen LogP contribution < -0.4 is 5.32 Å². The van der Waals surface area contributed by atoms with E-state index in [1.54, 1.807) is 12.4 Å². The Morgan fingerprint density at radius 2 is 2.00 bits per heavy atom. The van der Waals surface area contributed by atoms with Crippen molar-refractivity contribution in [2.45, 2.75) is 19.9 Å². The van der Waals surface area contributed by atoms with Crippen LogP contribution in [0.1, 0.15) is 24.5 Å². The number of halogens is 1. The minimum Gasteiger partial charge on any atom is -0.464 e. The summed E-state index contributed by atoms with van der Waals surface area (Å²) >= 11 is 5.70. The van der Waals surface area contributed by atoms with E-state index in [0.29, 0.717) is 11.0 Å². The van der Waals surface area contributed by atoms with Crippen LogP contribution in [0.2, 0.25) is 5.02 Å². The second-order valence-corrected chi connectivity index (χ2v) is 3.98. The standard InChI is InChI=1S/C11H12ClN3O/c1-7-3-4-10(16-7)8(2)15-11-13-5-9(12)6-14-11/h3-6,8H,1-2H3,(H,13,14,15). The zero-order valence-corrected chi connectivity index (χ0v) is 9.82. The first-order valence-electron chi connectivity index (χ1n) is 4.95. The fourth-order valence-corrected chi connectivity index (χ4v) is 1.44. The molecule has 0 fully saturated rings. The van der Waals surface area contributed by atoms with Crippen LogP contribution in [0.5, 0.6) is 0 Å². The van der Waals surface area contributed by atoms with Crippen LogP contribution in [0.4, 0.5) is 5.95 Å². The average molecular weight is 238 g/mol. The molecule has 0 saturated carbocycles. The lowest BCUT2D eigenvalue weighted by molar-refractivity contribution is 0.466. The Kier molecular flexibility index (Phi) is 3.10. The van der Waals surface area contributed by atoms with E-state index >= 15 is 0 Å². The molecule has 0 aliphatic heterocycles. The van der Waals surface area contributed by atoms with Crippen molar-refractivity contribution >= 4 is 17.5 Å². The predicted molar refractivity (Wildman–Crippen MR) is 62.5 cm³/mol. The summed E-state index contributed by atoms with van der Waals surface area (Å²) in [7, 11) is 0. The molecule has 0 amide bonds. The maximum Gasteiger partial charge on any atom is 0.223 e. The Bertz CT molecular complexity index is 466. The van der Waals surface area contributed by atoms with Gasteiger partial charge in [0.05, 0.1) is 23.5 Å². The molecule has 1 unspecified atom stereocenters.